The van der Waals surface area contributed by atoms with Crippen LogP contribution < -0.4 is 9.47 Å². The van der Waals surface area contributed by atoms with E-state index in [-0.39, 0.29) is 25.1 Å². The maximum Gasteiger partial charge on any atom is 0.343 e. The van der Waals surface area contributed by atoms with E-state index in [1.807, 2.05) is 6.92 Å². The first kappa shape index (κ1) is 19.2. The van der Waals surface area contributed by atoms with Crippen LogP contribution in [0.5, 0.6) is 11.5 Å². The number of aliphatic hydroxyl groups excluding tert-OH is 1. The molecule has 138 valence electrons. The molecular weight excluding hydrogens is 324 g/mol. The molecule has 1 aliphatic rings. The molecule has 1 aliphatic heterocycles. The summed E-state index contributed by atoms with van der Waals surface area (Å²) in [5, 5.41) is 8.92. The van der Waals surface area contributed by atoms with Crippen LogP contribution in [-0.2, 0) is 16.0 Å². The van der Waals surface area contributed by atoms with E-state index in [9.17, 15) is 9.59 Å². The zero-order chi connectivity index (χ0) is 18.2. The Labute approximate surface area is 148 Å². The van der Waals surface area contributed by atoms with E-state index in [1.54, 1.807) is 12.1 Å². The first-order chi connectivity index (χ1) is 12.1. The van der Waals surface area contributed by atoms with Gasteiger partial charge in [-0.2, -0.15) is 0 Å². The van der Waals surface area contributed by atoms with E-state index in [2.05, 4.69) is 4.74 Å². The molecule has 0 aromatic heterocycles. The number of ether oxygens (including phenoxy) is 3. The Morgan fingerprint density at radius 2 is 2.16 bits per heavy atom. The number of rotatable bonds is 9. The van der Waals surface area contributed by atoms with Gasteiger partial charge >= 0.3 is 5.97 Å². The van der Waals surface area contributed by atoms with Crippen molar-refractivity contribution in [3.05, 3.63) is 23.3 Å². The Hall–Kier alpha value is -2.08. The zero-order valence-corrected chi connectivity index (χ0v) is 14.9. The number of fused-ring (bicyclic) bond motifs is 1. The molecule has 25 heavy (non-hydrogen) atoms. The van der Waals surface area contributed by atoms with Gasteiger partial charge in [0.1, 0.15) is 17.6 Å². The fourth-order valence-electron chi connectivity index (χ4n) is 2.95. The van der Waals surface area contributed by atoms with Crippen LogP contribution in [0.3, 0.4) is 0 Å². The van der Waals surface area contributed by atoms with Crippen molar-refractivity contribution >= 4 is 11.8 Å². The van der Waals surface area contributed by atoms with Crippen LogP contribution >= 0.6 is 0 Å². The Morgan fingerprint density at radius 1 is 1.36 bits per heavy atom. The minimum atomic E-state index is -0.459. The molecule has 0 bridgehead atoms. The third-order valence-electron chi connectivity index (χ3n) is 4.22. The zero-order valence-electron chi connectivity index (χ0n) is 14.9. The van der Waals surface area contributed by atoms with Gasteiger partial charge in [-0.25, -0.2) is 4.79 Å². The van der Waals surface area contributed by atoms with Gasteiger partial charge in [0.2, 0.25) is 0 Å². The SMILES string of the molecule is CCCc1c(OCC(=O)OC)ccc2c1OC(CCCCO)CC2=O. The second-order valence-electron chi connectivity index (χ2n) is 6.12. The fourth-order valence-corrected chi connectivity index (χ4v) is 2.95. The van der Waals surface area contributed by atoms with Gasteiger partial charge in [-0.15, -0.1) is 0 Å². The lowest BCUT2D eigenvalue weighted by molar-refractivity contribution is -0.142. The fraction of sp³-hybridized carbons (Fsp3) is 0.579. The number of aliphatic hydroxyl groups is 1. The second-order valence-corrected chi connectivity index (χ2v) is 6.12. The number of esters is 1. The molecule has 1 heterocycles. The first-order valence-electron chi connectivity index (χ1n) is 8.76. The monoisotopic (exact) mass is 350 g/mol. The maximum absolute atomic E-state index is 12.5. The minimum Gasteiger partial charge on any atom is -0.489 e. The summed E-state index contributed by atoms with van der Waals surface area (Å²) in [5.41, 5.74) is 1.40. The smallest absolute Gasteiger partial charge is 0.343 e. The van der Waals surface area contributed by atoms with Crippen LogP contribution in [0.25, 0.3) is 0 Å². The average Bonchev–Trinajstić information content (AvgIpc) is 2.61. The highest BCUT2D eigenvalue weighted by Crippen LogP contribution is 2.38. The molecule has 0 aliphatic carbocycles. The van der Waals surface area contributed by atoms with Gasteiger partial charge in [-0.05, 0) is 37.8 Å². The van der Waals surface area contributed by atoms with Crippen molar-refractivity contribution in [1.82, 2.24) is 0 Å². The van der Waals surface area contributed by atoms with Crippen molar-refractivity contribution in [2.75, 3.05) is 20.3 Å². The number of hydrogen-bond acceptors (Lipinski definition) is 6. The van der Waals surface area contributed by atoms with E-state index in [1.165, 1.54) is 7.11 Å². The van der Waals surface area contributed by atoms with Crippen molar-refractivity contribution < 1.29 is 28.9 Å². The molecule has 0 fully saturated rings. The van der Waals surface area contributed by atoms with Crippen LogP contribution in [0.4, 0.5) is 0 Å². The molecule has 0 saturated heterocycles. The van der Waals surface area contributed by atoms with Crippen LogP contribution in [0, 0.1) is 0 Å². The van der Waals surface area contributed by atoms with Gasteiger partial charge < -0.3 is 19.3 Å². The van der Waals surface area contributed by atoms with E-state index in [0.29, 0.717) is 36.3 Å². The van der Waals surface area contributed by atoms with Crippen molar-refractivity contribution in [3.63, 3.8) is 0 Å². The normalized spacial score (nSPS) is 16.1. The topological polar surface area (TPSA) is 82.1 Å². The van der Waals surface area contributed by atoms with E-state index in [4.69, 9.17) is 14.6 Å². The highest BCUT2D eigenvalue weighted by molar-refractivity contribution is 6.00. The number of carbonyl (C=O) groups is 2. The number of unbranched alkanes of at least 4 members (excludes halogenated alkanes) is 1. The molecule has 1 atom stereocenters. The van der Waals surface area contributed by atoms with Crippen molar-refractivity contribution in [1.29, 1.82) is 0 Å². The highest BCUT2D eigenvalue weighted by Gasteiger charge is 2.29. The molecule has 0 radical (unpaired) electrons. The average molecular weight is 350 g/mol. The number of benzene rings is 1. The third kappa shape index (κ3) is 4.95. The second kappa shape index (κ2) is 9.42. The van der Waals surface area contributed by atoms with Gasteiger partial charge in [0.15, 0.2) is 12.4 Å². The number of methoxy groups -OCH3 is 1. The minimum absolute atomic E-state index is 0.0621. The van der Waals surface area contributed by atoms with E-state index in [0.717, 1.165) is 24.8 Å². The molecule has 1 unspecified atom stereocenters. The quantitative estimate of drug-likeness (QED) is 0.545. The molecule has 6 nitrogen and oxygen atoms in total. The molecule has 0 saturated carbocycles. The largest absolute Gasteiger partial charge is 0.489 e. The number of ketones is 1. The van der Waals surface area contributed by atoms with Crippen LogP contribution in [0.2, 0.25) is 0 Å². The maximum atomic E-state index is 12.5. The predicted molar refractivity (Wildman–Crippen MR) is 92.2 cm³/mol. The van der Waals surface area contributed by atoms with Crippen LogP contribution in [0.15, 0.2) is 12.1 Å². The number of Topliss-reactive ketones (excluding diaryl/α,β-unsaturated/α-hetero) is 1. The predicted octanol–water partition coefficient (Wildman–Crippen LogP) is 2.69. The molecule has 1 aromatic carbocycles. The Kier molecular flexibility index (Phi) is 7.25. The third-order valence-corrected chi connectivity index (χ3v) is 4.22. The van der Waals surface area contributed by atoms with Gasteiger partial charge in [-0.3, -0.25) is 4.79 Å². The van der Waals surface area contributed by atoms with Crippen LogP contribution in [0.1, 0.15) is 54.9 Å². The Balaban J connectivity index is 2.24. The summed E-state index contributed by atoms with van der Waals surface area (Å²) in [6, 6.07) is 3.42. The Bertz CT molecular complexity index is 610. The van der Waals surface area contributed by atoms with Crippen molar-refractivity contribution in [3.8, 4) is 11.5 Å². The summed E-state index contributed by atoms with van der Waals surface area (Å²) >= 11 is 0. The molecule has 6 heteroatoms. The lowest BCUT2D eigenvalue weighted by atomic mass is 9.94. The highest BCUT2D eigenvalue weighted by atomic mass is 16.6. The van der Waals surface area contributed by atoms with Gasteiger partial charge in [0.05, 0.1) is 12.7 Å². The van der Waals surface area contributed by atoms with Crippen molar-refractivity contribution in [2.24, 2.45) is 0 Å². The summed E-state index contributed by atoms with van der Waals surface area (Å²) in [6.07, 6.45) is 3.96. The Morgan fingerprint density at radius 3 is 2.84 bits per heavy atom. The van der Waals surface area contributed by atoms with Gasteiger partial charge in [0.25, 0.3) is 0 Å². The molecule has 2 rings (SSSR count). The van der Waals surface area contributed by atoms with Gasteiger partial charge in [-0.1, -0.05) is 13.3 Å². The standard InChI is InChI=1S/C19H26O6/c1-3-6-15-17(24-12-18(22)23-2)9-8-14-16(21)11-13(25-19(14)15)7-4-5-10-20/h8-9,13,20H,3-7,10-12H2,1-2H3. The van der Waals surface area contributed by atoms with Crippen molar-refractivity contribution in [2.45, 2.75) is 51.6 Å². The lowest BCUT2D eigenvalue weighted by Crippen LogP contribution is -2.28. The molecule has 0 amide bonds. The molecule has 1 aromatic rings. The lowest BCUT2D eigenvalue weighted by Gasteiger charge is -2.28. The van der Waals surface area contributed by atoms with E-state index >= 15 is 0 Å². The summed E-state index contributed by atoms with van der Waals surface area (Å²) in [6.45, 7) is 2.00. The summed E-state index contributed by atoms with van der Waals surface area (Å²) in [4.78, 5) is 23.8. The number of hydrogen-bond donors (Lipinski definition) is 1. The molecule has 1 N–H and O–H groups in total. The summed E-state index contributed by atoms with van der Waals surface area (Å²) < 4.78 is 16.3. The first-order valence-corrected chi connectivity index (χ1v) is 8.76. The van der Waals surface area contributed by atoms with E-state index < -0.39 is 5.97 Å². The molecular formula is C19H26O6. The molecule has 0 spiro atoms. The summed E-state index contributed by atoms with van der Waals surface area (Å²) in [5.74, 6) is 0.732. The van der Waals surface area contributed by atoms with Crippen LogP contribution in [-0.4, -0.2) is 43.3 Å². The van der Waals surface area contributed by atoms with Gasteiger partial charge in [0, 0.05) is 18.6 Å². The summed E-state index contributed by atoms with van der Waals surface area (Å²) in [7, 11) is 1.31. The number of carbonyl (C=O) groups excluding carboxylic acids is 2.